The van der Waals surface area contributed by atoms with Crippen molar-refractivity contribution in [2.75, 3.05) is 20.8 Å². The Labute approximate surface area is 110 Å². The molecule has 1 N–H and O–H groups in total. The normalized spacial score (nSPS) is 11.7. The molecule has 0 aliphatic rings. The number of nitrogens with one attached hydrogen (secondary N) is 1. The molecule has 0 bridgehead atoms. The van der Waals surface area contributed by atoms with Crippen LogP contribution in [0.2, 0.25) is 0 Å². The van der Waals surface area contributed by atoms with Crippen molar-refractivity contribution in [1.82, 2.24) is 5.32 Å². The maximum absolute atomic E-state index is 11.3. The Morgan fingerprint density at radius 1 is 1.53 bits per heavy atom. The summed E-state index contributed by atoms with van der Waals surface area (Å²) in [7, 11) is 2.91. The minimum absolute atomic E-state index is 0.0329. The summed E-state index contributed by atoms with van der Waals surface area (Å²) < 4.78 is 10.0. The predicted molar refractivity (Wildman–Crippen MR) is 68.2 cm³/mol. The number of benzene rings is 1. The minimum atomic E-state index is -0.583. The third-order valence-corrected chi connectivity index (χ3v) is 2.62. The van der Waals surface area contributed by atoms with Gasteiger partial charge in [-0.15, -0.1) is 0 Å². The molecule has 104 valence electrons. The average molecular weight is 268 g/mol. The van der Waals surface area contributed by atoms with E-state index in [0.29, 0.717) is 11.3 Å². The fourth-order valence-corrected chi connectivity index (χ4v) is 1.51. The molecule has 0 saturated heterocycles. The largest absolute Gasteiger partial charge is 0.491 e. The molecule has 0 amide bonds. The Morgan fingerprint density at radius 2 is 2.21 bits per heavy atom. The average Bonchev–Trinajstić information content (AvgIpc) is 2.38. The summed E-state index contributed by atoms with van der Waals surface area (Å²) in [4.78, 5) is 21.5. The van der Waals surface area contributed by atoms with Crippen LogP contribution in [0.25, 0.3) is 0 Å². The molecule has 1 unspecified atom stereocenters. The monoisotopic (exact) mass is 268 g/mol. The molecule has 1 aromatic carbocycles. The van der Waals surface area contributed by atoms with E-state index in [1.807, 2.05) is 0 Å². The Hall–Kier alpha value is -2.15. The van der Waals surface area contributed by atoms with Crippen LogP contribution >= 0.6 is 0 Å². The van der Waals surface area contributed by atoms with Crippen LogP contribution < -0.4 is 10.1 Å². The molecule has 1 aromatic rings. The van der Waals surface area contributed by atoms with Crippen molar-refractivity contribution in [2.45, 2.75) is 13.0 Å². The number of nitro groups is 1. The highest BCUT2D eigenvalue weighted by Crippen LogP contribution is 2.23. The van der Waals surface area contributed by atoms with Crippen LogP contribution in [0.4, 0.5) is 5.69 Å². The number of carbonyl (C=O) groups excluding carboxylic acids is 1. The first-order valence-corrected chi connectivity index (χ1v) is 5.62. The summed E-state index contributed by atoms with van der Waals surface area (Å²) in [5.74, 6) is 0.0355. The molecule has 0 aliphatic heterocycles. The third-order valence-electron chi connectivity index (χ3n) is 2.62. The zero-order valence-corrected chi connectivity index (χ0v) is 11.0. The molecular formula is C12H16N2O5. The zero-order valence-electron chi connectivity index (χ0n) is 11.0. The van der Waals surface area contributed by atoms with Crippen molar-refractivity contribution < 1.29 is 19.2 Å². The number of carbonyl (C=O) groups is 1. The fourth-order valence-electron chi connectivity index (χ4n) is 1.51. The topological polar surface area (TPSA) is 90.7 Å². The highest BCUT2D eigenvalue weighted by Gasteiger charge is 2.18. The molecule has 0 aliphatic carbocycles. The van der Waals surface area contributed by atoms with Crippen LogP contribution in [0.15, 0.2) is 18.2 Å². The van der Waals surface area contributed by atoms with E-state index in [0.717, 1.165) is 0 Å². The van der Waals surface area contributed by atoms with Crippen LogP contribution in [0.1, 0.15) is 5.56 Å². The van der Waals surface area contributed by atoms with E-state index in [2.05, 4.69) is 10.1 Å². The molecular weight excluding hydrogens is 252 g/mol. The van der Waals surface area contributed by atoms with Crippen LogP contribution in [-0.4, -0.2) is 37.7 Å². The van der Waals surface area contributed by atoms with Gasteiger partial charge in [-0.25, -0.2) is 0 Å². The number of likely N-dealkylation sites (N-methyl/N-ethyl adjacent to an activating group) is 1. The first-order valence-electron chi connectivity index (χ1n) is 5.62. The van der Waals surface area contributed by atoms with Gasteiger partial charge in [0, 0.05) is 11.6 Å². The number of nitrogens with zero attached hydrogens (tertiary/aromatic N) is 1. The number of methoxy groups -OCH3 is 1. The van der Waals surface area contributed by atoms with Gasteiger partial charge in [0.1, 0.15) is 18.4 Å². The van der Waals surface area contributed by atoms with Crippen LogP contribution in [-0.2, 0) is 9.53 Å². The van der Waals surface area contributed by atoms with E-state index in [4.69, 9.17) is 4.74 Å². The molecule has 7 nitrogen and oxygen atoms in total. The maximum Gasteiger partial charge on any atom is 0.326 e. The molecule has 0 heterocycles. The quantitative estimate of drug-likeness (QED) is 0.471. The van der Waals surface area contributed by atoms with Gasteiger partial charge in [0.05, 0.1) is 12.0 Å². The van der Waals surface area contributed by atoms with Gasteiger partial charge in [0.25, 0.3) is 5.69 Å². The standard InChI is InChI=1S/C12H16N2O5/c1-8-6-9(4-5-11(8)14(16)17)19-7-10(13-2)12(15)18-3/h4-6,10,13H,7H2,1-3H3. The second kappa shape index (κ2) is 6.69. The number of rotatable bonds is 6. The lowest BCUT2D eigenvalue weighted by molar-refractivity contribution is -0.385. The number of aryl methyl sites for hydroxylation is 1. The second-order valence-electron chi connectivity index (χ2n) is 3.88. The van der Waals surface area contributed by atoms with E-state index in [-0.39, 0.29) is 12.3 Å². The summed E-state index contributed by atoms with van der Waals surface area (Å²) in [6.07, 6.45) is 0. The molecule has 7 heteroatoms. The number of hydrogen-bond acceptors (Lipinski definition) is 6. The Kier molecular flexibility index (Phi) is 5.25. The zero-order chi connectivity index (χ0) is 14.4. The number of nitro benzene ring substituents is 1. The van der Waals surface area contributed by atoms with Crippen LogP contribution in [0.3, 0.4) is 0 Å². The maximum atomic E-state index is 11.3. The van der Waals surface area contributed by atoms with Gasteiger partial charge in [0.2, 0.25) is 0 Å². The number of ether oxygens (including phenoxy) is 2. The van der Waals surface area contributed by atoms with Crippen LogP contribution in [0.5, 0.6) is 5.75 Å². The molecule has 0 spiro atoms. The lowest BCUT2D eigenvalue weighted by atomic mass is 10.2. The van der Waals surface area contributed by atoms with Gasteiger partial charge in [-0.1, -0.05) is 0 Å². The van der Waals surface area contributed by atoms with Gasteiger partial charge in [0.15, 0.2) is 0 Å². The van der Waals surface area contributed by atoms with Gasteiger partial charge in [-0.2, -0.15) is 0 Å². The van der Waals surface area contributed by atoms with Gasteiger partial charge in [-0.3, -0.25) is 14.9 Å². The third kappa shape index (κ3) is 3.92. The SMILES string of the molecule is CNC(COc1ccc([N+](=O)[O-])c(C)c1)C(=O)OC. The lowest BCUT2D eigenvalue weighted by Crippen LogP contribution is -2.40. The first kappa shape index (κ1) is 14.9. The van der Waals surface area contributed by atoms with Crippen molar-refractivity contribution >= 4 is 11.7 Å². The van der Waals surface area contributed by atoms with E-state index >= 15 is 0 Å². The lowest BCUT2D eigenvalue weighted by Gasteiger charge is -2.14. The van der Waals surface area contributed by atoms with E-state index < -0.39 is 16.9 Å². The summed E-state index contributed by atoms with van der Waals surface area (Å²) in [6.45, 7) is 1.71. The highest BCUT2D eigenvalue weighted by molar-refractivity contribution is 5.75. The van der Waals surface area contributed by atoms with E-state index in [1.165, 1.54) is 19.2 Å². The van der Waals surface area contributed by atoms with Crippen molar-refractivity contribution in [3.8, 4) is 5.75 Å². The van der Waals surface area contributed by atoms with Gasteiger partial charge >= 0.3 is 5.97 Å². The summed E-state index contributed by atoms with van der Waals surface area (Å²) in [5.41, 5.74) is 0.534. The van der Waals surface area contributed by atoms with Crippen molar-refractivity contribution in [3.63, 3.8) is 0 Å². The fraction of sp³-hybridized carbons (Fsp3) is 0.417. The molecule has 0 radical (unpaired) electrons. The molecule has 19 heavy (non-hydrogen) atoms. The van der Waals surface area contributed by atoms with Gasteiger partial charge < -0.3 is 14.8 Å². The second-order valence-corrected chi connectivity index (χ2v) is 3.88. The Balaban J connectivity index is 2.70. The number of hydrogen-bond donors (Lipinski definition) is 1. The summed E-state index contributed by atoms with van der Waals surface area (Å²) in [6, 6.07) is 3.84. The molecule has 0 aromatic heterocycles. The molecule has 0 saturated carbocycles. The first-order chi connectivity index (χ1) is 8.99. The Morgan fingerprint density at radius 3 is 2.68 bits per heavy atom. The van der Waals surface area contributed by atoms with Crippen LogP contribution in [0, 0.1) is 17.0 Å². The van der Waals surface area contributed by atoms with Crippen molar-refractivity contribution in [3.05, 3.63) is 33.9 Å². The molecule has 1 atom stereocenters. The summed E-state index contributed by atoms with van der Waals surface area (Å²) in [5, 5.41) is 13.4. The van der Waals surface area contributed by atoms with E-state index in [9.17, 15) is 14.9 Å². The highest BCUT2D eigenvalue weighted by atomic mass is 16.6. The smallest absolute Gasteiger partial charge is 0.326 e. The summed E-state index contributed by atoms with van der Waals surface area (Å²) >= 11 is 0. The Bertz CT molecular complexity index is 475. The number of esters is 1. The molecule has 0 fully saturated rings. The predicted octanol–water partition coefficient (Wildman–Crippen LogP) is 1.04. The van der Waals surface area contributed by atoms with Gasteiger partial charge in [-0.05, 0) is 26.1 Å². The van der Waals surface area contributed by atoms with Crippen molar-refractivity contribution in [1.29, 1.82) is 0 Å². The molecule has 1 rings (SSSR count). The van der Waals surface area contributed by atoms with E-state index in [1.54, 1.807) is 20.0 Å². The van der Waals surface area contributed by atoms with Crippen molar-refractivity contribution in [2.24, 2.45) is 0 Å². The minimum Gasteiger partial charge on any atom is -0.491 e.